The number of anilines is 1. The fourth-order valence-electron chi connectivity index (χ4n) is 3.97. The summed E-state index contributed by atoms with van der Waals surface area (Å²) < 4.78 is 38.3. The third kappa shape index (κ3) is 6.39. The molecule has 0 unspecified atom stereocenters. The van der Waals surface area contributed by atoms with Crippen molar-refractivity contribution in [2.75, 3.05) is 44.7 Å². The summed E-state index contributed by atoms with van der Waals surface area (Å²) in [6, 6.07) is 22.4. The molecular formula is C26H29N3O5S. The standard InChI is InChI=1S/C26H29N3O5S/c1-33-23-13-9-20(10-14-23)25(29-15-17-34-18-16-29)19-27-26(30)21-7-11-22(12-8-21)28-35(31,32)24-5-3-2-4-6-24/h2-14,25,28H,15-19H2,1H3,(H,27,30)/t25-/m1/s1. The van der Waals surface area contributed by atoms with Gasteiger partial charge in [0.05, 0.1) is 31.3 Å². The Labute approximate surface area is 205 Å². The third-order valence-electron chi connectivity index (χ3n) is 5.90. The summed E-state index contributed by atoms with van der Waals surface area (Å²) in [5.41, 5.74) is 1.91. The van der Waals surface area contributed by atoms with Crippen LogP contribution in [-0.4, -0.2) is 59.2 Å². The van der Waals surface area contributed by atoms with E-state index in [0.29, 0.717) is 31.0 Å². The number of rotatable bonds is 9. The lowest BCUT2D eigenvalue weighted by Gasteiger charge is -2.35. The van der Waals surface area contributed by atoms with Crippen LogP contribution in [0.15, 0.2) is 83.8 Å². The first-order chi connectivity index (χ1) is 17.0. The molecule has 1 aliphatic heterocycles. The number of methoxy groups -OCH3 is 1. The predicted octanol–water partition coefficient (Wildman–Crippen LogP) is 3.30. The molecule has 1 atom stereocenters. The molecule has 8 nitrogen and oxygen atoms in total. The average Bonchev–Trinajstić information content (AvgIpc) is 2.90. The Balaban J connectivity index is 1.41. The van der Waals surface area contributed by atoms with Gasteiger partial charge in [-0.1, -0.05) is 30.3 Å². The number of hydrogen-bond donors (Lipinski definition) is 2. The lowest BCUT2D eigenvalue weighted by atomic mass is 10.0. The highest BCUT2D eigenvalue weighted by atomic mass is 32.2. The Bertz CT molecular complexity index is 1210. The predicted molar refractivity (Wildman–Crippen MR) is 134 cm³/mol. The summed E-state index contributed by atoms with van der Waals surface area (Å²) in [7, 11) is -2.06. The fourth-order valence-corrected chi connectivity index (χ4v) is 5.05. The van der Waals surface area contributed by atoms with Gasteiger partial charge in [-0.3, -0.25) is 14.4 Å². The maximum absolute atomic E-state index is 12.9. The van der Waals surface area contributed by atoms with Gasteiger partial charge in [-0.2, -0.15) is 0 Å². The minimum atomic E-state index is -3.69. The van der Waals surface area contributed by atoms with Crippen LogP contribution < -0.4 is 14.8 Å². The van der Waals surface area contributed by atoms with E-state index in [1.807, 2.05) is 24.3 Å². The summed E-state index contributed by atoms with van der Waals surface area (Å²) in [4.78, 5) is 15.3. The highest BCUT2D eigenvalue weighted by molar-refractivity contribution is 7.92. The van der Waals surface area contributed by atoms with Crippen molar-refractivity contribution in [1.82, 2.24) is 10.2 Å². The van der Waals surface area contributed by atoms with Crippen LogP contribution in [0.4, 0.5) is 5.69 Å². The normalized spacial score (nSPS) is 15.2. The molecule has 9 heteroatoms. The van der Waals surface area contributed by atoms with Crippen LogP contribution in [-0.2, 0) is 14.8 Å². The first-order valence-corrected chi connectivity index (χ1v) is 12.9. The van der Waals surface area contributed by atoms with Crippen molar-refractivity contribution in [3.05, 3.63) is 90.0 Å². The van der Waals surface area contributed by atoms with Crippen LogP contribution in [0.1, 0.15) is 22.0 Å². The van der Waals surface area contributed by atoms with Crippen LogP contribution in [0.3, 0.4) is 0 Å². The summed E-state index contributed by atoms with van der Waals surface area (Å²) >= 11 is 0. The number of ether oxygens (including phenoxy) is 2. The zero-order chi connectivity index (χ0) is 24.7. The van der Waals surface area contributed by atoms with Gasteiger partial charge in [0.25, 0.3) is 15.9 Å². The fraction of sp³-hybridized carbons (Fsp3) is 0.269. The smallest absolute Gasteiger partial charge is 0.261 e. The number of nitrogens with zero attached hydrogens (tertiary/aromatic N) is 1. The van der Waals surface area contributed by atoms with E-state index in [2.05, 4.69) is 14.9 Å². The van der Waals surface area contributed by atoms with Crippen LogP contribution >= 0.6 is 0 Å². The van der Waals surface area contributed by atoms with Gasteiger partial charge >= 0.3 is 0 Å². The molecule has 1 saturated heterocycles. The SMILES string of the molecule is COc1ccc([C@@H](CNC(=O)c2ccc(NS(=O)(=O)c3ccccc3)cc2)N2CCOCC2)cc1. The van der Waals surface area contributed by atoms with E-state index >= 15 is 0 Å². The van der Waals surface area contributed by atoms with E-state index in [1.54, 1.807) is 49.6 Å². The molecular weight excluding hydrogens is 466 g/mol. The molecule has 184 valence electrons. The molecule has 0 aliphatic carbocycles. The molecule has 4 rings (SSSR count). The zero-order valence-corrected chi connectivity index (χ0v) is 20.3. The zero-order valence-electron chi connectivity index (χ0n) is 19.5. The highest BCUT2D eigenvalue weighted by Crippen LogP contribution is 2.24. The Morgan fingerprint density at radius 2 is 1.63 bits per heavy atom. The Morgan fingerprint density at radius 3 is 2.26 bits per heavy atom. The first kappa shape index (κ1) is 24.7. The summed E-state index contributed by atoms with van der Waals surface area (Å²) in [5.74, 6) is 0.552. The van der Waals surface area contributed by atoms with Crippen molar-refractivity contribution in [1.29, 1.82) is 0 Å². The quantitative estimate of drug-likeness (QED) is 0.473. The van der Waals surface area contributed by atoms with Crippen molar-refractivity contribution in [3.63, 3.8) is 0 Å². The van der Waals surface area contributed by atoms with Crippen LogP contribution in [0.2, 0.25) is 0 Å². The topological polar surface area (TPSA) is 97.0 Å². The highest BCUT2D eigenvalue weighted by Gasteiger charge is 2.23. The number of carbonyl (C=O) groups is 1. The lowest BCUT2D eigenvalue weighted by molar-refractivity contribution is 0.0162. The second-order valence-corrected chi connectivity index (χ2v) is 9.83. The largest absolute Gasteiger partial charge is 0.497 e. The van der Waals surface area contributed by atoms with E-state index in [-0.39, 0.29) is 16.8 Å². The number of carbonyl (C=O) groups excluding carboxylic acids is 1. The molecule has 1 amide bonds. The van der Waals surface area contributed by atoms with E-state index in [1.165, 1.54) is 12.1 Å². The van der Waals surface area contributed by atoms with Gasteiger partial charge in [0.15, 0.2) is 0 Å². The number of hydrogen-bond acceptors (Lipinski definition) is 6. The maximum Gasteiger partial charge on any atom is 0.261 e. The second kappa shape index (κ2) is 11.4. The molecule has 0 spiro atoms. The van der Waals surface area contributed by atoms with E-state index in [4.69, 9.17) is 9.47 Å². The maximum atomic E-state index is 12.9. The van der Waals surface area contributed by atoms with Gasteiger partial charge < -0.3 is 14.8 Å². The number of benzene rings is 3. The van der Waals surface area contributed by atoms with Crippen LogP contribution in [0.5, 0.6) is 5.75 Å². The van der Waals surface area contributed by atoms with Crippen LogP contribution in [0.25, 0.3) is 0 Å². The van der Waals surface area contributed by atoms with Gasteiger partial charge in [0.1, 0.15) is 5.75 Å². The minimum Gasteiger partial charge on any atom is -0.497 e. The molecule has 0 radical (unpaired) electrons. The van der Waals surface area contributed by atoms with Crippen molar-refractivity contribution in [3.8, 4) is 5.75 Å². The van der Waals surface area contributed by atoms with Crippen molar-refractivity contribution in [2.24, 2.45) is 0 Å². The average molecular weight is 496 g/mol. The van der Waals surface area contributed by atoms with Gasteiger partial charge in [0, 0.05) is 30.9 Å². The lowest BCUT2D eigenvalue weighted by Crippen LogP contribution is -2.43. The van der Waals surface area contributed by atoms with Crippen molar-refractivity contribution >= 4 is 21.6 Å². The summed E-state index contributed by atoms with van der Waals surface area (Å²) in [6.07, 6.45) is 0. The first-order valence-electron chi connectivity index (χ1n) is 11.4. The number of morpholine rings is 1. The van der Waals surface area contributed by atoms with Gasteiger partial charge in [-0.05, 0) is 54.1 Å². The summed E-state index contributed by atoms with van der Waals surface area (Å²) in [6.45, 7) is 3.29. The monoisotopic (exact) mass is 495 g/mol. The van der Waals surface area contributed by atoms with Gasteiger partial charge in [-0.25, -0.2) is 8.42 Å². The molecule has 0 bridgehead atoms. The second-order valence-electron chi connectivity index (χ2n) is 8.14. The third-order valence-corrected chi connectivity index (χ3v) is 7.29. The molecule has 1 fully saturated rings. The van der Waals surface area contributed by atoms with Gasteiger partial charge in [0.2, 0.25) is 0 Å². The van der Waals surface area contributed by atoms with Crippen LogP contribution in [0, 0.1) is 0 Å². The van der Waals surface area contributed by atoms with Gasteiger partial charge in [-0.15, -0.1) is 0 Å². The molecule has 1 aliphatic rings. The van der Waals surface area contributed by atoms with E-state index in [0.717, 1.165) is 24.4 Å². The summed E-state index contributed by atoms with van der Waals surface area (Å²) in [5, 5.41) is 3.03. The molecule has 3 aromatic carbocycles. The molecule has 1 heterocycles. The molecule has 0 saturated carbocycles. The number of nitrogens with one attached hydrogen (secondary N) is 2. The van der Waals surface area contributed by atoms with E-state index in [9.17, 15) is 13.2 Å². The molecule has 3 aromatic rings. The number of amides is 1. The molecule has 35 heavy (non-hydrogen) atoms. The van der Waals surface area contributed by atoms with Crippen molar-refractivity contribution in [2.45, 2.75) is 10.9 Å². The Kier molecular flexibility index (Phi) is 8.02. The molecule has 0 aromatic heterocycles. The number of sulfonamides is 1. The Hall–Kier alpha value is -3.40. The Morgan fingerprint density at radius 1 is 0.971 bits per heavy atom. The minimum absolute atomic E-state index is 0.00860. The van der Waals surface area contributed by atoms with E-state index < -0.39 is 10.0 Å². The molecule has 2 N–H and O–H groups in total. The van der Waals surface area contributed by atoms with Crippen molar-refractivity contribution < 1.29 is 22.7 Å².